The van der Waals surface area contributed by atoms with E-state index in [4.69, 9.17) is 4.42 Å². The van der Waals surface area contributed by atoms with Gasteiger partial charge >= 0.3 is 0 Å². The van der Waals surface area contributed by atoms with E-state index in [1.54, 1.807) is 0 Å². The molecule has 0 amide bonds. The fraction of sp³-hybridized carbons (Fsp3) is 0.0213. The van der Waals surface area contributed by atoms with Crippen LogP contribution in [0.15, 0.2) is 149 Å². The second kappa shape index (κ2) is 13.8. The number of benzene rings is 7. The lowest BCUT2D eigenvalue weighted by atomic mass is 9.67. The zero-order valence-electron chi connectivity index (χ0n) is 34.7. The van der Waals surface area contributed by atoms with E-state index in [9.17, 15) is 0 Å². The Labute approximate surface area is 347 Å². The summed E-state index contributed by atoms with van der Waals surface area (Å²) in [4.78, 5) is 2.43. The maximum absolute atomic E-state index is 7.27. The van der Waals surface area contributed by atoms with Crippen molar-refractivity contribution < 1.29 is 4.42 Å². The number of anilines is 3. The van der Waals surface area contributed by atoms with Gasteiger partial charge in [-0.05, 0) is 75.5 Å². The standard InChI is InChI=1S/C47H40B8N2O/c48-35-33-31-32-34-36(49)38(51)45(42(55)47(34)58-46(32)41(54)40(53)43(31)57(28-14-8-3-9-15-28)44(33)39(52)37(35)50)56(29-20-16-26(17-21-29)24-10-4-1-5-11-24)30-22-18-27(19-23-30)25-12-6-2-7-13-25/h1-23,35H,48-55H2. The smallest absolute Gasteiger partial charge is 0.147 e. The Morgan fingerprint density at radius 2 is 0.948 bits per heavy atom. The van der Waals surface area contributed by atoms with Crippen LogP contribution >= 0.6 is 0 Å². The molecule has 2 heterocycles. The molecule has 1 atom stereocenters. The Hall–Kier alpha value is -6.06. The van der Waals surface area contributed by atoms with Gasteiger partial charge < -0.3 is 13.9 Å². The summed E-state index contributed by atoms with van der Waals surface area (Å²) < 4.78 is 9.81. The molecule has 1 unspecified atom stereocenters. The fourth-order valence-corrected chi connectivity index (χ4v) is 9.82. The van der Waals surface area contributed by atoms with E-state index < -0.39 is 0 Å². The van der Waals surface area contributed by atoms with E-state index in [2.05, 4.69) is 212 Å². The van der Waals surface area contributed by atoms with Crippen molar-refractivity contribution in [2.75, 3.05) is 4.90 Å². The first-order chi connectivity index (χ1) is 28.2. The number of hydrogen-bond acceptors (Lipinski definition) is 2. The Morgan fingerprint density at radius 1 is 0.466 bits per heavy atom. The van der Waals surface area contributed by atoms with E-state index in [1.165, 1.54) is 93.7 Å². The highest BCUT2D eigenvalue weighted by molar-refractivity contribution is 6.64. The molecule has 10 rings (SSSR count). The first kappa shape index (κ1) is 36.3. The van der Waals surface area contributed by atoms with Gasteiger partial charge in [-0.15, -0.1) is 5.47 Å². The molecule has 1 aliphatic carbocycles. The lowest BCUT2D eigenvalue weighted by molar-refractivity contribution is 0.675. The van der Waals surface area contributed by atoms with Crippen LogP contribution in [-0.4, -0.2) is 67.3 Å². The first-order valence-electron chi connectivity index (χ1n) is 20.5. The quantitative estimate of drug-likeness (QED) is 0.240. The zero-order valence-corrected chi connectivity index (χ0v) is 34.7. The van der Waals surface area contributed by atoms with Crippen molar-refractivity contribution in [2.24, 2.45) is 0 Å². The Bertz CT molecular complexity index is 3040. The minimum atomic E-state index is 0.299. The van der Waals surface area contributed by atoms with Crippen LogP contribution in [0.3, 0.4) is 0 Å². The van der Waals surface area contributed by atoms with Crippen molar-refractivity contribution in [2.45, 2.75) is 5.82 Å². The molecule has 0 N–H and O–H groups in total. The third kappa shape index (κ3) is 5.32. The van der Waals surface area contributed by atoms with Gasteiger partial charge in [-0.1, -0.05) is 130 Å². The number of aromatic nitrogens is 1. The third-order valence-electron chi connectivity index (χ3n) is 13.3. The summed E-state index contributed by atoms with van der Waals surface area (Å²) in [5.74, 6) is 0.299. The van der Waals surface area contributed by atoms with Crippen LogP contribution in [-0.2, 0) is 0 Å². The van der Waals surface area contributed by atoms with Gasteiger partial charge in [-0.25, -0.2) is 0 Å². The van der Waals surface area contributed by atoms with Crippen LogP contribution < -0.4 is 32.2 Å². The molecule has 0 fully saturated rings. The maximum Gasteiger partial charge on any atom is 0.147 e. The fourth-order valence-electron chi connectivity index (χ4n) is 9.82. The number of allylic oxidation sites excluding steroid dienone is 1. The molecular weight excluding hydrogens is 695 g/mol. The molecule has 0 saturated carbocycles. The monoisotopic (exact) mass is 736 g/mol. The highest BCUT2D eigenvalue weighted by Crippen LogP contribution is 2.48. The van der Waals surface area contributed by atoms with Crippen molar-refractivity contribution in [1.29, 1.82) is 0 Å². The van der Waals surface area contributed by atoms with Gasteiger partial charge in [0.25, 0.3) is 0 Å². The van der Waals surface area contributed by atoms with Gasteiger partial charge in [0.15, 0.2) is 0 Å². The van der Waals surface area contributed by atoms with E-state index in [-0.39, 0.29) is 0 Å². The van der Waals surface area contributed by atoms with Gasteiger partial charge in [0.2, 0.25) is 0 Å². The van der Waals surface area contributed by atoms with Gasteiger partial charge in [0.1, 0.15) is 73.9 Å². The van der Waals surface area contributed by atoms with E-state index in [0.717, 1.165) is 33.7 Å². The molecule has 0 saturated heterocycles. The summed E-state index contributed by atoms with van der Waals surface area (Å²) in [7, 11) is 18.4. The predicted octanol–water partition coefficient (Wildman–Crippen LogP) is 1.25. The molecule has 0 spiro atoms. The average Bonchev–Trinajstić information content (AvgIpc) is 3.91. The minimum absolute atomic E-state index is 0.299. The summed E-state index contributed by atoms with van der Waals surface area (Å²) >= 11 is 0. The van der Waals surface area contributed by atoms with E-state index in [1.807, 2.05) is 0 Å². The van der Waals surface area contributed by atoms with Gasteiger partial charge in [-0.2, -0.15) is 0 Å². The van der Waals surface area contributed by atoms with Crippen molar-refractivity contribution in [3.05, 3.63) is 156 Å². The highest BCUT2D eigenvalue weighted by Gasteiger charge is 2.34. The Kier molecular flexibility index (Phi) is 8.64. The third-order valence-corrected chi connectivity index (χ3v) is 13.3. The van der Waals surface area contributed by atoms with E-state index >= 15 is 0 Å². The van der Waals surface area contributed by atoms with Crippen molar-refractivity contribution in [1.82, 2.24) is 4.57 Å². The summed E-state index contributed by atoms with van der Waals surface area (Å²) in [6.45, 7) is 0. The molecule has 58 heavy (non-hydrogen) atoms. The van der Waals surface area contributed by atoms with Gasteiger partial charge in [0, 0.05) is 50.1 Å². The van der Waals surface area contributed by atoms with Crippen molar-refractivity contribution in [3.63, 3.8) is 0 Å². The average molecular weight is 735 g/mol. The molecule has 9 aromatic rings. The molecule has 11 heteroatoms. The summed E-state index contributed by atoms with van der Waals surface area (Å²) in [6, 6.07) is 50.2. The predicted molar refractivity (Wildman–Crippen MR) is 272 cm³/mol. The number of furan rings is 1. The zero-order chi connectivity index (χ0) is 40.0. The molecule has 268 valence electrons. The van der Waals surface area contributed by atoms with Crippen LogP contribution in [0, 0.1) is 0 Å². The Balaban J connectivity index is 1.25. The number of hydrogen-bond donors (Lipinski definition) is 0. The van der Waals surface area contributed by atoms with Crippen LogP contribution in [0.4, 0.5) is 17.1 Å². The molecule has 2 aromatic heterocycles. The molecule has 3 nitrogen and oxygen atoms in total. The van der Waals surface area contributed by atoms with Gasteiger partial charge in [-0.3, -0.25) is 0 Å². The first-order valence-corrected chi connectivity index (χ1v) is 20.5. The number of fused-ring (bicyclic) bond motifs is 7. The summed E-state index contributed by atoms with van der Waals surface area (Å²) in [5.41, 5.74) is 24.3. The van der Waals surface area contributed by atoms with Gasteiger partial charge in [0.05, 0.1) is 0 Å². The maximum atomic E-state index is 7.27. The molecule has 7 aromatic carbocycles. The lowest BCUT2D eigenvalue weighted by Gasteiger charge is -2.30. The molecule has 0 bridgehead atoms. The van der Waals surface area contributed by atoms with Crippen LogP contribution in [0.2, 0.25) is 0 Å². The highest BCUT2D eigenvalue weighted by atomic mass is 16.3. The van der Waals surface area contributed by atoms with Crippen molar-refractivity contribution in [3.8, 4) is 27.9 Å². The van der Waals surface area contributed by atoms with Crippen LogP contribution in [0.5, 0.6) is 0 Å². The molecule has 0 aliphatic heterocycles. The second-order valence-electron chi connectivity index (χ2n) is 16.3. The Morgan fingerprint density at radius 3 is 1.48 bits per heavy atom. The minimum Gasteiger partial charge on any atom is -0.457 e. The largest absolute Gasteiger partial charge is 0.457 e. The lowest BCUT2D eigenvalue weighted by Crippen LogP contribution is -2.37. The van der Waals surface area contributed by atoms with E-state index in [0.29, 0.717) is 5.82 Å². The molecule has 0 radical (unpaired) electrons. The number of nitrogens with zero attached hydrogens (tertiary/aromatic N) is 2. The molecular formula is C47H40B8N2O. The SMILES string of the molecule is BC1=C(B)C(B)c2c1n(-c1ccccc1)c1c(B)c(B)c3oc4c(B)c(N(c5ccc(-c6ccccc6)cc5)c5ccc(-c6ccccc6)cc5)c(B)c(B)c4c3c21. The number of rotatable bonds is 6. The van der Waals surface area contributed by atoms with Crippen LogP contribution in [0.1, 0.15) is 17.1 Å². The van der Waals surface area contributed by atoms with Crippen LogP contribution in [0.25, 0.3) is 66.3 Å². The van der Waals surface area contributed by atoms with Crippen molar-refractivity contribution >= 4 is 145 Å². The topological polar surface area (TPSA) is 21.3 Å². The second-order valence-corrected chi connectivity index (χ2v) is 16.3. The number of para-hydroxylation sites is 1. The molecule has 1 aliphatic rings. The summed E-state index contributed by atoms with van der Waals surface area (Å²) in [5, 5.41) is 3.80. The normalized spacial score (nSPS) is 13.8. The summed E-state index contributed by atoms with van der Waals surface area (Å²) in [6.07, 6.45) is 0.